The first kappa shape index (κ1) is 10.9. The van der Waals surface area contributed by atoms with Crippen molar-refractivity contribution in [1.29, 1.82) is 0 Å². The van der Waals surface area contributed by atoms with Crippen LogP contribution < -0.4 is 5.32 Å². The Morgan fingerprint density at radius 3 is 2.53 bits per heavy atom. The average Bonchev–Trinajstić information content (AvgIpc) is 2.27. The fourth-order valence-electron chi connectivity index (χ4n) is 2.57. The Labute approximate surface area is 91.6 Å². The molecular formula is C11H21N3O. The smallest absolute Gasteiger partial charge is 0.236 e. The zero-order chi connectivity index (χ0) is 10.8. The van der Waals surface area contributed by atoms with Gasteiger partial charge >= 0.3 is 0 Å². The number of carbonyl (C=O) groups excluding carboxylic acids is 1. The lowest BCUT2D eigenvalue weighted by Gasteiger charge is -2.45. The van der Waals surface area contributed by atoms with Crippen LogP contribution >= 0.6 is 0 Å². The summed E-state index contributed by atoms with van der Waals surface area (Å²) in [7, 11) is 3.61. The van der Waals surface area contributed by atoms with Crippen LogP contribution in [-0.4, -0.2) is 62.0 Å². The molecule has 3 rings (SSSR count). The van der Waals surface area contributed by atoms with Gasteiger partial charge in [0.1, 0.15) is 0 Å². The molecule has 1 amide bonds. The molecule has 3 saturated heterocycles. The third-order valence-corrected chi connectivity index (χ3v) is 3.67. The number of amides is 1. The van der Waals surface area contributed by atoms with Gasteiger partial charge in [-0.15, -0.1) is 0 Å². The lowest BCUT2D eigenvalue weighted by Crippen LogP contribution is -2.57. The summed E-state index contributed by atoms with van der Waals surface area (Å²) in [6.45, 7) is 4.13. The van der Waals surface area contributed by atoms with Crippen molar-refractivity contribution in [3.05, 3.63) is 0 Å². The van der Waals surface area contributed by atoms with Crippen LogP contribution in [0, 0.1) is 5.92 Å². The van der Waals surface area contributed by atoms with Crippen molar-refractivity contribution in [2.45, 2.75) is 18.9 Å². The molecule has 0 aromatic rings. The maximum Gasteiger partial charge on any atom is 0.236 e. The molecule has 0 aliphatic carbocycles. The number of carbonyl (C=O) groups is 1. The molecule has 3 heterocycles. The number of hydrogen-bond donors (Lipinski definition) is 1. The van der Waals surface area contributed by atoms with Crippen molar-refractivity contribution in [3.63, 3.8) is 0 Å². The van der Waals surface area contributed by atoms with Crippen LogP contribution in [0.2, 0.25) is 0 Å². The Bertz CT molecular complexity index is 234. The summed E-state index contributed by atoms with van der Waals surface area (Å²) < 4.78 is 0. The molecule has 3 fully saturated rings. The minimum Gasteiger partial charge on any atom is -0.348 e. The van der Waals surface area contributed by atoms with Crippen LogP contribution in [-0.2, 0) is 4.79 Å². The highest BCUT2D eigenvalue weighted by molar-refractivity contribution is 5.77. The molecule has 4 nitrogen and oxygen atoms in total. The molecule has 1 atom stereocenters. The quantitative estimate of drug-likeness (QED) is 0.700. The van der Waals surface area contributed by atoms with Gasteiger partial charge in [0, 0.05) is 26.7 Å². The molecule has 0 spiro atoms. The van der Waals surface area contributed by atoms with Gasteiger partial charge in [-0.3, -0.25) is 4.79 Å². The van der Waals surface area contributed by atoms with Crippen molar-refractivity contribution >= 4 is 5.91 Å². The fourth-order valence-corrected chi connectivity index (χ4v) is 2.57. The molecule has 3 aliphatic heterocycles. The fraction of sp³-hybridized carbons (Fsp3) is 0.909. The van der Waals surface area contributed by atoms with Gasteiger partial charge in [0.2, 0.25) is 5.91 Å². The van der Waals surface area contributed by atoms with E-state index < -0.39 is 0 Å². The zero-order valence-corrected chi connectivity index (χ0v) is 9.70. The third-order valence-electron chi connectivity index (χ3n) is 3.67. The first-order valence-electron chi connectivity index (χ1n) is 5.82. The number of piperidine rings is 3. The Kier molecular flexibility index (Phi) is 3.26. The second kappa shape index (κ2) is 4.49. The monoisotopic (exact) mass is 211 g/mol. The highest BCUT2D eigenvalue weighted by Crippen LogP contribution is 2.27. The van der Waals surface area contributed by atoms with Crippen LogP contribution in [0.5, 0.6) is 0 Å². The molecule has 0 radical (unpaired) electrons. The average molecular weight is 211 g/mol. The SMILES string of the molecule is CN(C)C(=O)CNC1CN2CCC1CC2. The predicted molar refractivity (Wildman–Crippen MR) is 59.6 cm³/mol. The molecule has 0 aromatic heterocycles. The Hall–Kier alpha value is -0.610. The number of fused-ring (bicyclic) bond motifs is 3. The molecule has 0 saturated carbocycles. The molecule has 86 valence electrons. The Balaban J connectivity index is 1.78. The topological polar surface area (TPSA) is 35.6 Å². The number of nitrogens with zero attached hydrogens (tertiary/aromatic N) is 2. The van der Waals surface area contributed by atoms with E-state index in [0.717, 1.165) is 12.5 Å². The summed E-state index contributed by atoms with van der Waals surface area (Å²) in [6, 6.07) is 0.538. The summed E-state index contributed by atoms with van der Waals surface area (Å²) in [4.78, 5) is 15.6. The van der Waals surface area contributed by atoms with Gasteiger partial charge in [-0.1, -0.05) is 0 Å². The molecule has 3 aliphatic rings. The van der Waals surface area contributed by atoms with Gasteiger partial charge in [-0.25, -0.2) is 0 Å². The lowest BCUT2D eigenvalue weighted by molar-refractivity contribution is -0.128. The van der Waals surface area contributed by atoms with Gasteiger partial charge in [-0.2, -0.15) is 0 Å². The highest BCUT2D eigenvalue weighted by atomic mass is 16.2. The van der Waals surface area contributed by atoms with Gasteiger partial charge < -0.3 is 15.1 Å². The van der Waals surface area contributed by atoms with E-state index in [1.165, 1.54) is 25.9 Å². The Morgan fingerprint density at radius 1 is 1.40 bits per heavy atom. The summed E-state index contributed by atoms with van der Waals surface area (Å²) >= 11 is 0. The summed E-state index contributed by atoms with van der Waals surface area (Å²) in [6.07, 6.45) is 2.60. The van der Waals surface area contributed by atoms with Gasteiger partial charge in [-0.05, 0) is 31.8 Å². The van der Waals surface area contributed by atoms with E-state index in [2.05, 4.69) is 10.2 Å². The van der Waals surface area contributed by atoms with E-state index in [1.807, 2.05) is 0 Å². The third kappa shape index (κ3) is 2.49. The van der Waals surface area contributed by atoms with Gasteiger partial charge in [0.25, 0.3) is 0 Å². The van der Waals surface area contributed by atoms with Gasteiger partial charge in [0.15, 0.2) is 0 Å². The molecule has 15 heavy (non-hydrogen) atoms. The number of rotatable bonds is 3. The second-order valence-electron chi connectivity index (χ2n) is 4.91. The van der Waals surface area contributed by atoms with E-state index in [9.17, 15) is 4.79 Å². The summed E-state index contributed by atoms with van der Waals surface area (Å²) in [5.74, 6) is 0.969. The van der Waals surface area contributed by atoms with E-state index in [4.69, 9.17) is 0 Å². The van der Waals surface area contributed by atoms with Crippen molar-refractivity contribution in [2.24, 2.45) is 5.92 Å². The predicted octanol–water partition coefficient (Wildman–Crippen LogP) is -0.242. The van der Waals surface area contributed by atoms with Gasteiger partial charge in [0.05, 0.1) is 6.54 Å². The maximum atomic E-state index is 11.4. The first-order valence-corrected chi connectivity index (χ1v) is 5.82. The number of hydrogen-bond acceptors (Lipinski definition) is 3. The van der Waals surface area contributed by atoms with Crippen LogP contribution in [0.25, 0.3) is 0 Å². The second-order valence-corrected chi connectivity index (χ2v) is 4.91. The molecular weight excluding hydrogens is 190 g/mol. The number of likely N-dealkylation sites (N-methyl/N-ethyl adjacent to an activating group) is 1. The largest absolute Gasteiger partial charge is 0.348 e. The van der Waals surface area contributed by atoms with Crippen molar-refractivity contribution in [1.82, 2.24) is 15.1 Å². The normalized spacial score (nSPS) is 34.1. The highest BCUT2D eigenvalue weighted by Gasteiger charge is 2.33. The van der Waals surface area contributed by atoms with E-state index in [-0.39, 0.29) is 5.91 Å². The Morgan fingerprint density at radius 2 is 2.07 bits per heavy atom. The lowest BCUT2D eigenvalue weighted by atomic mass is 9.84. The van der Waals surface area contributed by atoms with E-state index in [1.54, 1.807) is 19.0 Å². The van der Waals surface area contributed by atoms with E-state index in [0.29, 0.717) is 12.6 Å². The maximum absolute atomic E-state index is 11.4. The molecule has 2 bridgehead atoms. The molecule has 1 unspecified atom stereocenters. The minimum atomic E-state index is 0.173. The summed E-state index contributed by atoms with van der Waals surface area (Å²) in [5, 5.41) is 3.40. The first-order chi connectivity index (χ1) is 7.16. The van der Waals surface area contributed by atoms with Crippen LogP contribution in [0.1, 0.15) is 12.8 Å². The summed E-state index contributed by atoms with van der Waals surface area (Å²) in [5.41, 5.74) is 0. The van der Waals surface area contributed by atoms with Crippen molar-refractivity contribution in [3.8, 4) is 0 Å². The van der Waals surface area contributed by atoms with Crippen LogP contribution in [0.15, 0.2) is 0 Å². The van der Waals surface area contributed by atoms with Crippen LogP contribution in [0.3, 0.4) is 0 Å². The minimum absolute atomic E-state index is 0.173. The van der Waals surface area contributed by atoms with Crippen molar-refractivity contribution < 1.29 is 4.79 Å². The van der Waals surface area contributed by atoms with Crippen LogP contribution in [0.4, 0.5) is 0 Å². The molecule has 4 heteroatoms. The standard InChI is InChI=1S/C11H21N3O/c1-13(2)11(15)7-12-10-8-14-5-3-9(10)4-6-14/h9-10,12H,3-8H2,1-2H3. The number of nitrogens with one attached hydrogen (secondary N) is 1. The van der Waals surface area contributed by atoms with E-state index >= 15 is 0 Å². The van der Waals surface area contributed by atoms with Crippen molar-refractivity contribution in [2.75, 3.05) is 40.3 Å². The molecule has 0 aromatic carbocycles. The zero-order valence-electron chi connectivity index (χ0n) is 9.70. The molecule has 1 N–H and O–H groups in total.